The van der Waals surface area contributed by atoms with Gasteiger partial charge < -0.3 is 29.2 Å². The van der Waals surface area contributed by atoms with E-state index < -0.39 is 0 Å². The first-order chi connectivity index (χ1) is 19.2. The van der Waals surface area contributed by atoms with Crippen molar-refractivity contribution in [1.82, 2.24) is 19.9 Å². The molecule has 0 aliphatic carbocycles. The third kappa shape index (κ3) is 5.59. The number of nitriles is 1. The molecule has 1 unspecified atom stereocenters. The zero-order valence-corrected chi connectivity index (χ0v) is 21.9. The number of nitrogens with zero attached hydrogens (tertiary/aromatic N) is 6. The number of pyridine rings is 1. The van der Waals surface area contributed by atoms with Gasteiger partial charge in [0.25, 0.3) is 0 Å². The van der Waals surface area contributed by atoms with Gasteiger partial charge in [0.15, 0.2) is 0 Å². The van der Waals surface area contributed by atoms with Gasteiger partial charge in [-0.1, -0.05) is 0 Å². The van der Waals surface area contributed by atoms with E-state index in [1.807, 2.05) is 24.3 Å². The van der Waals surface area contributed by atoms with Crippen molar-refractivity contribution in [2.75, 3.05) is 69.9 Å². The van der Waals surface area contributed by atoms with Crippen LogP contribution >= 0.6 is 0 Å². The first kappa shape index (κ1) is 25.3. The fourth-order valence-electron chi connectivity index (χ4n) is 5.01. The van der Waals surface area contributed by atoms with Crippen LogP contribution in [0.15, 0.2) is 42.6 Å². The van der Waals surface area contributed by atoms with Crippen LogP contribution in [0, 0.1) is 11.3 Å². The second-order valence-electron chi connectivity index (χ2n) is 9.76. The van der Waals surface area contributed by atoms with Crippen molar-refractivity contribution in [3.63, 3.8) is 0 Å². The number of ether oxygens (including phenoxy) is 4. The lowest BCUT2D eigenvalue weighted by molar-refractivity contribution is -0.0660. The number of piperazine rings is 1. The van der Waals surface area contributed by atoms with Gasteiger partial charge in [-0.2, -0.15) is 10.2 Å². The summed E-state index contributed by atoms with van der Waals surface area (Å²) >= 11 is 0. The molecule has 3 aliphatic heterocycles. The van der Waals surface area contributed by atoms with Crippen LogP contribution in [0.25, 0.3) is 11.3 Å². The Kier molecular flexibility index (Phi) is 7.40. The number of hydrogen-bond donors (Lipinski definition) is 1. The molecule has 0 saturated carbocycles. The number of methoxy groups -OCH3 is 1. The number of anilines is 3. The summed E-state index contributed by atoms with van der Waals surface area (Å²) in [5, 5.41) is 12.9. The van der Waals surface area contributed by atoms with E-state index in [0.717, 1.165) is 57.1 Å². The maximum absolute atomic E-state index is 9.69. The SMILES string of the molecule is COc1nc(Nc2nccc(-c3ccc(OC4CCOC4)c(C#N)c3)n2)ccc1N1CCN(C2COC2)CC1. The third-order valence-electron chi connectivity index (χ3n) is 7.30. The van der Waals surface area contributed by atoms with Gasteiger partial charge in [0.1, 0.15) is 29.4 Å². The van der Waals surface area contributed by atoms with Gasteiger partial charge >= 0.3 is 0 Å². The molecule has 39 heavy (non-hydrogen) atoms. The monoisotopic (exact) mass is 529 g/mol. The fourth-order valence-corrected chi connectivity index (χ4v) is 5.01. The summed E-state index contributed by atoms with van der Waals surface area (Å²) in [6.45, 7) is 6.71. The number of benzene rings is 1. The molecule has 0 amide bonds. The van der Waals surface area contributed by atoms with Gasteiger partial charge in [-0.25, -0.2) is 9.97 Å². The first-order valence-electron chi connectivity index (χ1n) is 13.2. The van der Waals surface area contributed by atoms with Crippen molar-refractivity contribution in [2.45, 2.75) is 18.6 Å². The van der Waals surface area contributed by atoms with Crippen molar-refractivity contribution in [2.24, 2.45) is 0 Å². The van der Waals surface area contributed by atoms with Gasteiger partial charge in [0, 0.05) is 44.4 Å². The predicted octanol–water partition coefficient (Wildman–Crippen LogP) is 2.85. The van der Waals surface area contributed by atoms with E-state index in [0.29, 0.717) is 53.9 Å². The summed E-state index contributed by atoms with van der Waals surface area (Å²) in [4.78, 5) is 18.5. The van der Waals surface area contributed by atoms with Gasteiger partial charge in [-0.3, -0.25) is 4.90 Å². The summed E-state index contributed by atoms with van der Waals surface area (Å²) in [6.07, 6.45) is 2.47. The Labute approximate surface area is 227 Å². The number of aromatic nitrogens is 3. The third-order valence-corrected chi connectivity index (χ3v) is 7.30. The number of rotatable bonds is 8. The minimum Gasteiger partial charge on any atom is -0.487 e. The molecule has 0 bridgehead atoms. The van der Waals surface area contributed by atoms with Gasteiger partial charge in [0.2, 0.25) is 11.8 Å². The summed E-state index contributed by atoms with van der Waals surface area (Å²) in [6, 6.07) is 14.0. The molecule has 0 spiro atoms. The summed E-state index contributed by atoms with van der Waals surface area (Å²) in [5.74, 6) is 2.09. The van der Waals surface area contributed by atoms with E-state index in [2.05, 4.69) is 36.1 Å². The van der Waals surface area contributed by atoms with Crippen LogP contribution in [-0.2, 0) is 9.47 Å². The zero-order valence-electron chi connectivity index (χ0n) is 21.9. The largest absolute Gasteiger partial charge is 0.487 e. The van der Waals surface area contributed by atoms with Crippen molar-refractivity contribution >= 4 is 17.5 Å². The molecule has 3 aromatic rings. The van der Waals surface area contributed by atoms with Crippen LogP contribution in [0.1, 0.15) is 12.0 Å². The minimum atomic E-state index is -0.0271. The Morgan fingerprint density at radius 3 is 2.62 bits per heavy atom. The molecular formula is C28H31N7O4. The lowest BCUT2D eigenvalue weighted by atomic mass is 10.1. The molecule has 3 fully saturated rings. The van der Waals surface area contributed by atoms with Crippen LogP contribution in [0.4, 0.5) is 17.5 Å². The fraction of sp³-hybridized carbons (Fsp3) is 0.429. The molecule has 202 valence electrons. The Hall–Kier alpha value is -3.98. The van der Waals surface area contributed by atoms with E-state index in [1.54, 1.807) is 25.4 Å². The summed E-state index contributed by atoms with van der Waals surface area (Å²) in [7, 11) is 1.63. The van der Waals surface area contributed by atoms with Crippen LogP contribution in [0.5, 0.6) is 11.6 Å². The lowest BCUT2D eigenvalue weighted by Crippen LogP contribution is -2.56. The second-order valence-corrected chi connectivity index (χ2v) is 9.76. The number of nitrogens with one attached hydrogen (secondary N) is 1. The van der Waals surface area contributed by atoms with Crippen LogP contribution in [-0.4, -0.2) is 91.7 Å². The van der Waals surface area contributed by atoms with Gasteiger partial charge in [0.05, 0.1) is 50.8 Å². The summed E-state index contributed by atoms with van der Waals surface area (Å²) < 4.78 is 22.3. The van der Waals surface area contributed by atoms with E-state index in [1.165, 1.54) is 0 Å². The topological polar surface area (TPSA) is 118 Å². The Bertz CT molecular complexity index is 1350. The highest BCUT2D eigenvalue weighted by molar-refractivity contribution is 5.66. The van der Waals surface area contributed by atoms with Crippen molar-refractivity contribution in [3.05, 3.63) is 48.2 Å². The molecule has 6 rings (SSSR count). The van der Waals surface area contributed by atoms with Crippen LogP contribution < -0.4 is 19.7 Å². The molecule has 11 heteroatoms. The molecule has 1 aromatic carbocycles. The molecule has 1 atom stereocenters. The van der Waals surface area contributed by atoms with Gasteiger partial charge in [-0.15, -0.1) is 0 Å². The van der Waals surface area contributed by atoms with Crippen molar-refractivity contribution < 1.29 is 18.9 Å². The van der Waals surface area contributed by atoms with E-state index >= 15 is 0 Å². The molecule has 1 N–H and O–H groups in total. The normalized spacial score (nSPS) is 19.8. The molecule has 5 heterocycles. The molecule has 0 radical (unpaired) electrons. The first-order valence-corrected chi connectivity index (χ1v) is 13.2. The van der Waals surface area contributed by atoms with Crippen molar-refractivity contribution in [3.8, 4) is 29.0 Å². The Balaban J connectivity index is 1.15. The van der Waals surface area contributed by atoms with E-state index in [4.69, 9.17) is 18.9 Å². The maximum Gasteiger partial charge on any atom is 0.239 e. The smallest absolute Gasteiger partial charge is 0.239 e. The molecule has 3 saturated heterocycles. The van der Waals surface area contributed by atoms with Gasteiger partial charge in [-0.05, 0) is 36.4 Å². The van der Waals surface area contributed by atoms with E-state index in [-0.39, 0.29) is 6.10 Å². The molecule has 2 aromatic heterocycles. The standard InChI is InChI=1S/C28H31N7O4/c1-36-27-24(35-11-9-34(10-12-35)21-16-38-17-21)3-5-26(32-27)33-28-30-8-6-23(31-28)19-2-4-25(20(14-19)15-29)39-22-7-13-37-18-22/h2-6,8,14,21-22H,7,9-13,16-18H2,1H3,(H,30,31,32,33). The van der Waals surface area contributed by atoms with Crippen LogP contribution in [0.2, 0.25) is 0 Å². The quantitative estimate of drug-likeness (QED) is 0.464. The predicted molar refractivity (Wildman–Crippen MR) is 144 cm³/mol. The minimum absolute atomic E-state index is 0.0271. The average Bonchev–Trinajstić information content (AvgIpc) is 3.46. The molecular weight excluding hydrogens is 498 g/mol. The number of hydrogen-bond acceptors (Lipinski definition) is 11. The highest BCUT2D eigenvalue weighted by Crippen LogP contribution is 2.31. The summed E-state index contributed by atoms with van der Waals surface area (Å²) in [5.41, 5.74) is 2.90. The molecule has 11 nitrogen and oxygen atoms in total. The Morgan fingerprint density at radius 2 is 1.90 bits per heavy atom. The average molecular weight is 530 g/mol. The second kappa shape index (κ2) is 11.4. The zero-order chi connectivity index (χ0) is 26.6. The lowest BCUT2D eigenvalue weighted by Gasteiger charge is -2.43. The Morgan fingerprint density at radius 1 is 1.03 bits per heavy atom. The molecule has 3 aliphatic rings. The van der Waals surface area contributed by atoms with Crippen LogP contribution in [0.3, 0.4) is 0 Å². The van der Waals surface area contributed by atoms with E-state index in [9.17, 15) is 5.26 Å². The van der Waals surface area contributed by atoms with Crippen molar-refractivity contribution in [1.29, 1.82) is 5.26 Å². The maximum atomic E-state index is 9.69. The highest BCUT2D eigenvalue weighted by atomic mass is 16.5. The highest BCUT2D eigenvalue weighted by Gasteiger charge is 2.30.